The Kier molecular flexibility index (Phi) is 3.45. The lowest BCUT2D eigenvalue weighted by molar-refractivity contribution is 0.00578. The first-order valence-electron chi connectivity index (χ1n) is 6.43. The Morgan fingerprint density at radius 3 is 2.21 bits per heavy atom. The number of benzene rings is 1. The zero-order valence-corrected chi connectivity index (χ0v) is 12.1. The third-order valence-corrected chi connectivity index (χ3v) is 3.99. The molecular weight excluding hydrogens is 241 g/mol. The average Bonchev–Trinajstić information content (AvgIpc) is 2.57. The summed E-state index contributed by atoms with van der Waals surface area (Å²) in [5, 5.41) is 3.08. The van der Waals surface area contributed by atoms with Crippen molar-refractivity contribution in [2.45, 2.75) is 38.9 Å². The third-order valence-electron chi connectivity index (χ3n) is 3.99. The second kappa shape index (κ2) is 4.65. The molecule has 0 atom stereocenters. The van der Waals surface area contributed by atoms with Crippen LogP contribution >= 0.6 is 0 Å². The minimum absolute atomic E-state index is 0.369. The van der Waals surface area contributed by atoms with E-state index in [2.05, 4.69) is 5.32 Å². The van der Waals surface area contributed by atoms with Crippen LogP contribution in [-0.4, -0.2) is 31.7 Å². The Bertz CT molecular complexity index is 483. The molecule has 1 aliphatic heterocycles. The first kappa shape index (κ1) is 14.1. The molecule has 2 rings (SSSR count). The van der Waals surface area contributed by atoms with Crippen LogP contribution in [0.2, 0.25) is 0 Å². The van der Waals surface area contributed by atoms with Gasteiger partial charge in [-0.15, -0.1) is 0 Å². The summed E-state index contributed by atoms with van der Waals surface area (Å²) in [6.07, 6.45) is 0.828. The van der Waals surface area contributed by atoms with E-state index in [1.807, 2.05) is 40.8 Å². The van der Waals surface area contributed by atoms with E-state index in [0.29, 0.717) is 5.56 Å². The highest BCUT2D eigenvalue weighted by Gasteiger charge is 2.52. The van der Waals surface area contributed by atoms with Gasteiger partial charge in [0.25, 0.3) is 0 Å². The van der Waals surface area contributed by atoms with E-state index in [-0.39, 0.29) is 11.2 Å². The van der Waals surface area contributed by atoms with E-state index in [9.17, 15) is 4.79 Å². The summed E-state index contributed by atoms with van der Waals surface area (Å²) in [6.45, 7) is 8.08. The zero-order valence-electron chi connectivity index (χ0n) is 12.1. The summed E-state index contributed by atoms with van der Waals surface area (Å²) in [5.41, 5.74) is 1.65. The number of hydrogen-bond donors (Lipinski definition) is 1. The van der Waals surface area contributed by atoms with Gasteiger partial charge in [0.15, 0.2) is 0 Å². The fraction of sp³-hybridized carbons (Fsp3) is 0.500. The first-order valence-corrected chi connectivity index (χ1v) is 6.43. The summed E-state index contributed by atoms with van der Waals surface area (Å²) < 4.78 is 12.0. The van der Waals surface area contributed by atoms with E-state index in [0.717, 1.165) is 17.4 Å². The molecule has 0 unspecified atom stereocenters. The molecule has 1 N–H and O–H groups in total. The second-order valence-electron chi connectivity index (χ2n) is 5.80. The van der Waals surface area contributed by atoms with Gasteiger partial charge in [-0.2, -0.15) is 0 Å². The standard InChI is InChI=1S/C14H20BNO3/c1-13(2)14(3,4)19-15(18-13)11-7-6-10(9-17)8-12(11)16-5/h6-9,16H,1-5H3. The Hall–Kier alpha value is -1.33. The number of aldehydes is 1. The van der Waals surface area contributed by atoms with Crippen LogP contribution < -0.4 is 10.8 Å². The van der Waals surface area contributed by atoms with Crippen molar-refractivity contribution >= 4 is 24.6 Å². The summed E-state index contributed by atoms with van der Waals surface area (Å²) in [4.78, 5) is 10.8. The fourth-order valence-electron chi connectivity index (χ4n) is 2.04. The summed E-state index contributed by atoms with van der Waals surface area (Å²) >= 11 is 0. The number of carbonyl (C=O) groups excluding carboxylic acids is 1. The minimum atomic E-state index is -0.423. The average molecular weight is 261 g/mol. The second-order valence-corrected chi connectivity index (χ2v) is 5.80. The molecule has 1 fully saturated rings. The van der Waals surface area contributed by atoms with E-state index in [1.54, 1.807) is 12.1 Å². The maximum absolute atomic E-state index is 10.8. The number of carbonyl (C=O) groups is 1. The molecule has 0 spiro atoms. The van der Waals surface area contributed by atoms with E-state index in [4.69, 9.17) is 9.31 Å². The molecule has 102 valence electrons. The molecule has 4 nitrogen and oxygen atoms in total. The molecule has 0 aliphatic carbocycles. The maximum atomic E-state index is 10.8. The number of hydrogen-bond acceptors (Lipinski definition) is 4. The molecule has 0 saturated carbocycles. The van der Waals surface area contributed by atoms with Gasteiger partial charge in [-0.05, 0) is 33.8 Å². The molecule has 19 heavy (non-hydrogen) atoms. The molecule has 1 heterocycles. The van der Waals surface area contributed by atoms with Gasteiger partial charge >= 0.3 is 7.12 Å². The van der Waals surface area contributed by atoms with Crippen molar-refractivity contribution in [2.75, 3.05) is 12.4 Å². The Balaban J connectivity index is 2.36. The van der Waals surface area contributed by atoms with Gasteiger partial charge in [0.05, 0.1) is 11.2 Å². The number of nitrogens with one attached hydrogen (secondary N) is 1. The molecule has 0 bridgehead atoms. The van der Waals surface area contributed by atoms with E-state index >= 15 is 0 Å². The fourth-order valence-corrected chi connectivity index (χ4v) is 2.04. The van der Waals surface area contributed by atoms with Gasteiger partial charge in [-0.25, -0.2) is 0 Å². The van der Waals surface area contributed by atoms with Gasteiger partial charge in [0.1, 0.15) is 6.29 Å². The summed E-state index contributed by atoms with van der Waals surface area (Å²) in [5.74, 6) is 0. The quantitative estimate of drug-likeness (QED) is 0.666. The molecule has 1 aromatic carbocycles. The normalized spacial score (nSPS) is 20.4. The highest BCUT2D eigenvalue weighted by Crippen LogP contribution is 2.36. The largest absolute Gasteiger partial charge is 0.496 e. The van der Waals surface area contributed by atoms with Gasteiger partial charge in [-0.1, -0.05) is 12.1 Å². The Morgan fingerprint density at radius 1 is 1.16 bits per heavy atom. The molecule has 0 amide bonds. The van der Waals surface area contributed by atoms with Crippen LogP contribution in [0, 0.1) is 0 Å². The Labute approximate surface area is 114 Å². The number of anilines is 1. The third kappa shape index (κ3) is 2.40. The molecule has 0 aromatic heterocycles. The maximum Gasteiger partial charge on any atom is 0.496 e. The predicted molar refractivity (Wildman–Crippen MR) is 77.1 cm³/mol. The molecule has 1 aromatic rings. The van der Waals surface area contributed by atoms with Gasteiger partial charge in [-0.3, -0.25) is 4.79 Å². The van der Waals surface area contributed by atoms with Crippen molar-refractivity contribution in [3.05, 3.63) is 23.8 Å². The predicted octanol–water partition coefficient (Wildman–Crippen LogP) is 1.84. The van der Waals surface area contributed by atoms with Crippen LogP contribution in [0.15, 0.2) is 18.2 Å². The molecule has 5 heteroatoms. The first-order chi connectivity index (χ1) is 8.80. The molecule has 0 radical (unpaired) electrons. The van der Waals surface area contributed by atoms with Crippen LogP contribution in [0.3, 0.4) is 0 Å². The molecule has 1 saturated heterocycles. The van der Waals surface area contributed by atoms with Crippen molar-refractivity contribution in [1.29, 1.82) is 0 Å². The van der Waals surface area contributed by atoms with Gasteiger partial charge in [0, 0.05) is 23.8 Å². The minimum Gasteiger partial charge on any atom is -0.399 e. The van der Waals surface area contributed by atoms with Crippen LogP contribution in [0.4, 0.5) is 5.69 Å². The van der Waals surface area contributed by atoms with Gasteiger partial charge in [0.2, 0.25) is 0 Å². The van der Waals surface area contributed by atoms with E-state index in [1.165, 1.54) is 0 Å². The monoisotopic (exact) mass is 261 g/mol. The van der Waals surface area contributed by atoms with Crippen LogP contribution in [0.1, 0.15) is 38.1 Å². The summed E-state index contributed by atoms with van der Waals surface area (Å²) in [6, 6.07) is 5.44. The van der Waals surface area contributed by atoms with Crippen molar-refractivity contribution in [3.8, 4) is 0 Å². The van der Waals surface area contributed by atoms with Crippen LogP contribution in [-0.2, 0) is 9.31 Å². The highest BCUT2D eigenvalue weighted by atomic mass is 16.7. The topological polar surface area (TPSA) is 47.6 Å². The Morgan fingerprint density at radius 2 is 1.74 bits per heavy atom. The smallest absolute Gasteiger partial charge is 0.399 e. The van der Waals surface area contributed by atoms with Crippen LogP contribution in [0.5, 0.6) is 0 Å². The highest BCUT2D eigenvalue weighted by molar-refractivity contribution is 6.64. The lowest BCUT2D eigenvalue weighted by Crippen LogP contribution is -2.41. The van der Waals surface area contributed by atoms with Gasteiger partial charge < -0.3 is 14.6 Å². The zero-order chi connectivity index (χ0) is 14.3. The SMILES string of the molecule is CNc1cc(C=O)ccc1B1OC(C)(C)C(C)(C)O1. The van der Waals surface area contributed by atoms with Crippen molar-refractivity contribution in [2.24, 2.45) is 0 Å². The number of rotatable bonds is 3. The molecular formula is C14H20BNO3. The lowest BCUT2D eigenvalue weighted by atomic mass is 9.77. The van der Waals surface area contributed by atoms with Crippen molar-refractivity contribution < 1.29 is 14.1 Å². The van der Waals surface area contributed by atoms with Crippen molar-refractivity contribution in [1.82, 2.24) is 0 Å². The van der Waals surface area contributed by atoms with E-state index < -0.39 is 7.12 Å². The van der Waals surface area contributed by atoms with Crippen LogP contribution in [0.25, 0.3) is 0 Å². The van der Waals surface area contributed by atoms with Crippen molar-refractivity contribution in [3.63, 3.8) is 0 Å². The summed E-state index contributed by atoms with van der Waals surface area (Å²) in [7, 11) is 1.40. The lowest BCUT2D eigenvalue weighted by Gasteiger charge is -2.32. The molecule has 1 aliphatic rings.